The molecule has 21 heavy (non-hydrogen) atoms. The van der Waals surface area contributed by atoms with Crippen molar-refractivity contribution < 1.29 is 9.47 Å². The van der Waals surface area contributed by atoms with Gasteiger partial charge in [0.15, 0.2) is 5.13 Å². The van der Waals surface area contributed by atoms with Crippen LogP contribution in [-0.4, -0.2) is 51.5 Å². The lowest BCUT2D eigenvalue weighted by atomic mass is 10.1. The van der Waals surface area contributed by atoms with Gasteiger partial charge in [0.05, 0.1) is 18.9 Å². The van der Waals surface area contributed by atoms with Gasteiger partial charge in [0.2, 0.25) is 0 Å². The van der Waals surface area contributed by atoms with Crippen LogP contribution in [0.15, 0.2) is 5.38 Å². The lowest BCUT2D eigenvalue weighted by Gasteiger charge is -2.29. The summed E-state index contributed by atoms with van der Waals surface area (Å²) in [6.07, 6.45) is 2.25. The van der Waals surface area contributed by atoms with Gasteiger partial charge in [0.1, 0.15) is 0 Å². The van der Waals surface area contributed by atoms with Crippen molar-refractivity contribution in [2.75, 3.05) is 45.4 Å². The number of ether oxygens (including phenoxy) is 2. The van der Waals surface area contributed by atoms with Gasteiger partial charge in [0, 0.05) is 45.3 Å². The molecule has 6 heteroatoms. The highest BCUT2D eigenvalue weighted by atomic mass is 32.1. The summed E-state index contributed by atoms with van der Waals surface area (Å²) in [5.74, 6) is 0. The van der Waals surface area contributed by atoms with Crippen LogP contribution in [0, 0.1) is 0 Å². The van der Waals surface area contributed by atoms with E-state index in [4.69, 9.17) is 14.5 Å². The molecule has 1 rings (SSSR count). The molecule has 0 saturated carbocycles. The molecule has 0 aliphatic carbocycles. The fourth-order valence-electron chi connectivity index (χ4n) is 2.25. The van der Waals surface area contributed by atoms with E-state index in [0.29, 0.717) is 6.04 Å². The molecule has 0 saturated heterocycles. The lowest BCUT2D eigenvalue weighted by Crippen LogP contribution is -2.37. The average molecular weight is 315 g/mol. The first-order valence-corrected chi connectivity index (χ1v) is 8.54. The summed E-state index contributed by atoms with van der Waals surface area (Å²) < 4.78 is 10.3. The normalized spacial score (nSPS) is 11.3. The molecule has 1 aromatic rings. The Balaban J connectivity index is 2.63. The zero-order valence-corrected chi connectivity index (χ0v) is 14.5. The highest BCUT2D eigenvalue weighted by Crippen LogP contribution is 2.24. The number of nitrogens with zero attached hydrogens (tertiary/aromatic N) is 2. The maximum absolute atomic E-state index is 5.24. The van der Waals surface area contributed by atoms with Crippen LogP contribution in [0.2, 0.25) is 0 Å². The van der Waals surface area contributed by atoms with Crippen molar-refractivity contribution in [2.24, 2.45) is 0 Å². The zero-order chi connectivity index (χ0) is 15.5. The molecule has 0 spiro atoms. The van der Waals surface area contributed by atoms with Gasteiger partial charge in [-0.3, -0.25) is 0 Å². The number of aromatic nitrogens is 1. The number of rotatable bonds is 12. The smallest absolute Gasteiger partial charge is 0.185 e. The SMILES string of the molecule is CCC(CC)N(CCOC)c1nc(CNCCOC)cs1. The molecule has 0 unspecified atom stereocenters. The third kappa shape index (κ3) is 6.30. The Bertz CT molecular complexity index is 370. The number of hydrogen-bond donors (Lipinski definition) is 1. The van der Waals surface area contributed by atoms with Crippen LogP contribution in [0.5, 0.6) is 0 Å². The van der Waals surface area contributed by atoms with E-state index in [1.54, 1.807) is 25.6 Å². The molecule has 0 fully saturated rings. The molecule has 0 bridgehead atoms. The number of anilines is 1. The molecular formula is C15H29N3O2S. The first-order chi connectivity index (χ1) is 10.3. The first kappa shape index (κ1) is 18.4. The van der Waals surface area contributed by atoms with Crippen LogP contribution in [0.1, 0.15) is 32.4 Å². The van der Waals surface area contributed by atoms with Crippen LogP contribution in [0.4, 0.5) is 5.13 Å². The number of methoxy groups -OCH3 is 2. The standard InChI is InChI=1S/C15H29N3O2S/c1-5-14(6-2)18(8-10-20-4)15-17-13(12-21-15)11-16-7-9-19-3/h12,14,16H,5-11H2,1-4H3. The Labute approximate surface area is 132 Å². The molecule has 122 valence electrons. The molecule has 0 radical (unpaired) electrons. The number of hydrogen-bond acceptors (Lipinski definition) is 6. The molecule has 1 heterocycles. The second kappa shape index (κ2) is 11.0. The summed E-state index contributed by atoms with van der Waals surface area (Å²) in [5, 5.41) is 6.57. The van der Waals surface area contributed by atoms with Crippen molar-refractivity contribution in [3.8, 4) is 0 Å². The minimum Gasteiger partial charge on any atom is -0.383 e. The van der Waals surface area contributed by atoms with E-state index in [1.165, 1.54) is 0 Å². The Morgan fingerprint density at radius 2 is 1.95 bits per heavy atom. The van der Waals surface area contributed by atoms with E-state index in [-0.39, 0.29) is 0 Å². The molecule has 0 aliphatic rings. The van der Waals surface area contributed by atoms with Crippen LogP contribution in [-0.2, 0) is 16.0 Å². The van der Waals surface area contributed by atoms with Crippen molar-refractivity contribution in [2.45, 2.75) is 39.3 Å². The van der Waals surface area contributed by atoms with Crippen molar-refractivity contribution in [1.29, 1.82) is 0 Å². The van der Waals surface area contributed by atoms with Gasteiger partial charge in [-0.1, -0.05) is 13.8 Å². The molecule has 1 aromatic heterocycles. The molecule has 1 N–H and O–H groups in total. The maximum Gasteiger partial charge on any atom is 0.185 e. The van der Waals surface area contributed by atoms with Gasteiger partial charge in [-0.2, -0.15) is 0 Å². The Hall–Kier alpha value is -0.690. The summed E-state index contributed by atoms with van der Waals surface area (Å²) in [6, 6.07) is 0.528. The van der Waals surface area contributed by atoms with E-state index in [2.05, 4.69) is 29.4 Å². The van der Waals surface area contributed by atoms with Crippen molar-refractivity contribution in [3.05, 3.63) is 11.1 Å². The lowest BCUT2D eigenvalue weighted by molar-refractivity contribution is 0.199. The Morgan fingerprint density at radius 3 is 2.57 bits per heavy atom. The van der Waals surface area contributed by atoms with Crippen LogP contribution in [0.25, 0.3) is 0 Å². The van der Waals surface area contributed by atoms with Gasteiger partial charge < -0.3 is 19.7 Å². The van der Waals surface area contributed by atoms with Crippen molar-refractivity contribution in [3.63, 3.8) is 0 Å². The predicted octanol–water partition coefficient (Wildman–Crippen LogP) is 2.52. The van der Waals surface area contributed by atoms with Crippen molar-refractivity contribution in [1.82, 2.24) is 10.3 Å². The summed E-state index contributed by atoms with van der Waals surface area (Å²) in [7, 11) is 3.46. The topological polar surface area (TPSA) is 46.6 Å². The third-order valence-corrected chi connectivity index (χ3v) is 4.42. The van der Waals surface area contributed by atoms with Crippen LogP contribution in [0.3, 0.4) is 0 Å². The van der Waals surface area contributed by atoms with E-state index in [0.717, 1.165) is 56.5 Å². The van der Waals surface area contributed by atoms with Gasteiger partial charge in [-0.05, 0) is 12.8 Å². The first-order valence-electron chi connectivity index (χ1n) is 7.66. The number of nitrogens with one attached hydrogen (secondary N) is 1. The average Bonchev–Trinajstić information content (AvgIpc) is 2.96. The van der Waals surface area contributed by atoms with E-state index in [1.807, 2.05) is 0 Å². The zero-order valence-electron chi connectivity index (χ0n) is 13.7. The van der Waals surface area contributed by atoms with Gasteiger partial charge in [-0.15, -0.1) is 11.3 Å². The van der Waals surface area contributed by atoms with E-state index >= 15 is 0 Å². The Kier molecular flexibility index (Phi) is 9.58. The maximum atomic E-state index is 5.24. The third-order valence-electron chi connectivity index (χ3n) is 3.49. The minimum absolute atomic E-state index is 0.528. The molecule has 0 aromatic carbocycles. The van der Waals surface area contributed by atoms with Crippen LogP contribution < -0.4 is 10.2 Å². The van der Waals surface area contributed by atoms with E-state index in [9.17, 15) is 0 Å². The summed E-state index contributed by atoms with van der Waals surface area (Å²) in [5.41, 5.74) is 1.10. The molecule has 0 aliphatic heterocycles. The van der Waals surface area contributed by atoms with Crippen molar-refractivity contribution >= 4 is 16.5 Å². The highest BCUT2D eigenvalue weighted by molar-refractivity contribution is 7.13. The second-order valence-corrected chi connectivity index (χ2v) is 5.78. The van der Waals surface area contributed by atoms with Crippen LogP contribution >= 0.6 is 11.3 Å². The van der Waals surface area contributed by atoms with Gasteiger partial charge in [-0.25, -0.2) is 4.98 Å². The predicted molar refractivity (Wildman–Crippen MR) is 89.3 cm³/mol. The summed E-state index contributed by atoms with van der Waals surface area (Å²) >= 11 is 1.72. The molecular weight excluding hydrogens is 286 g/mol. The largest absolute Gasteiger partial charge is 0.383 e. The summed E-state index contributed by atoms with van der Waals surface area (Å²) in [6.45, 7) is 8.46. The fourth-order valence-corrected chi connectivity index (χ4v) is 3.18. The Morgan fingerprint density at radius 1 is 1.24 bits per heavy atom. The molecule has 0 atom stereocenters. The van der Waals surface area contributed by atoms with Gasteiger partial charge in [0.25, 0.3) is 0 Å². The second-order valence-electron chi connectivity index (χ2n) is 4.95. The fraction of sp³-hybridized carbons (Fsp3) is 0.800. The molecule has 5 nitrogen and oxygen atoms in total. The van der Waals surface area contributed by atoms with E-state index < -0.39 is 0 Å². The minimum atomic E-state index is 0.528. The quantitative estimate of drug-likeness (QED) is 0.601. The van der Waals surface area contributed by atoms with Gasteiger partial charge >= 0.3 is 0 Å². The summed E-state index contributed by atoms with van der Waals surface area (Å²) in [4.78, 5) is 7.15. The number of thiazole rings is 1. The highest BCUT2D eigenvalue weighted by Gasteiger charge is 2.18. The monoisotopic (exact) mass is 315 g/mol. The molecule has 0 amide bonds.